The normalized spacial score (nSPS) is 13.2. The molecule has 0 fully saturated rings. The molecular weight excluding hydrogens is 286 g/mol. The fourth-order valence-electron chi connectivity index (χ4n) is 1.67. The molecule has 2 rings (SSSR count). The predicted molar refractivity (Wildman–Crippen MR) is 75.1 cm³/mol. The highest BCUT2D eigenvalue weighted by molar-refractivity contribution is 8.14. The second-order valence-electron chi connectivity index (χ2n) is 3.96. The number of fused-ring (bicyclic) bond motifs is 1. The van der Waals surface area contributed by atoms with Crippen molar-refractivity contribution in [1.82, 2.24) is 4.98 Å². The molecule has 0 amide bonds. The third-order valence-corrected chi connectivity index (χ3v) is 3.95. The van der Waals surface area contributed by atoms with Crippen LogP contribution in [0.1, 0.15) is 6.92 Å². The molecule has 0 N–H and O–H groups in total. The molecule has 6 heteroatoms. The summed E-state index contributed by atoms with van der Waals surface area (Å²) < 4.78 is 28.7. The van der Waals surface area contributed by atoms with E-state index >= 15 is 0 Å². The third kappa shape index (κ3) is 2.88. The van der Waals surface area contributed by atoms with Crippen LogP contribution in [0.15, 0.2) is 48.0 Å². The molecule has 4 nitrogen and oxygen atoms in total. The Labute approximate surface area is 116 Å². The van der Waals surface area contributed by atoms with Crippen molar-refractivity contribution in [3.63, 3.8) is 0 Å². The molecular formula is C13H12ClNO3S. The van der Waals surface area contributed by atoms with E-state index in [1.807, 2.05) is 6.92 Å². The quantitative estimate of drug-likeness (QED) is 0.643. The number of hydrogen-bond acceptors (Lipinski definition) is 4. The maximum Gasteiger partial charge on any atom is 0.263 e. The summed E-state index contributed by atoms with van der Waals surface area (Å²) in [5, 5.41) is 0.595. The Morgan fingerprint density at radius 1 is 1.42 bits per heavy atom. The summed E-state index contributed by atoms with van der Waals surface area (Å²) in [6.45, 7) is 5.47. The Morgan fingerprint density at radius 3 is 2.79 bits per heavy atom. The second-order valence-corrected chi connectivity index (χ2v) is 6.49. The van der Waals surface area contributed by atoms with Crippen LogP contribution in [0.25, 0.3) is 10.9 Å². The van der Waals surface area contributed by atoms with Gasteiger partial charge in [0.1, 0.15) is 16.7 Å². The zero-order chi connectivity index (χ0) is 14.0. The molecule has 0 spiro atoms. The van der Waals surface area contributed by atoms with Gasteiger partial charge in [-0.3, -0.25) is 4.98 Å². The van der Waals surface area contributed by atoms with Crippen LogP contribution in [0, 0.1) is 0 Å². The van der Waals surface area contributed by atoms with Crippen LogP contribution < -0.4 is 4.74 Å². The van der Waals surface area contributed by atoms with E-state index in [-0.39, 0.29) is 11.0 Å². The van der Waals surface area contributed by atoms with E-state index in [0.29, 0.717) is 16.7 Å². The van der Waals surface area contributed by atoms with Crippen LogP contribution in [-0.4, -0.2) is 19.5 Å². The summed E-state index contributed by atoms with van der Waals surface area (Å²) >= 11 is 0. The number of ether oxygens (including phenoxy) is 1. The highest BCUT2D eigenvalue weighted by Gasteiger charge is 2.18. The van der Waals surface area contributed by atoms with Gasteiger partial charge in [-0.05, 0) is 31.2 Å². The molecule has 0 saturated heterocycles. The molecule has 2 aromatic rings. The first-order chi connectivity index (χ1) is 8.93. The molecule has 1 atom stereocenters. The smallest absolute Gasteiger partial charge is 0.263 e. The van der Waals surface area contributed by atoms with Gasteiger partial charge in [-0.15, -0.1) is 0 Å². The zero-order valence-corrected chi connectivity index (χ0v) is 11.8. The summed E-state index contributed by atoms with van der Waals surface area (Å²) in [6.07, 6.45) is 2.96. The van der Waals surface area contributed by atoms with Crippen LogP contribution in [0.5, 0.6) is 5.75 Å². The van der Waals surface area contributed by atoms with Gasteiger partial charge < -0.3 is 4.74 Å². The van der Waals surface area contributed by atoms with Crippen molar-refractivity contribution in [2.45, 2.75) is 17.9 Å². The van der Waals surface area contributed by atoms with E-state index < -0.39 is 9.05 Å². The Balaban J connectivity index is 2.68. The van der Waals surface area contributed by atoms with E-state index in [0.717, 1.165) is 0 Å². The monoisotopic (exact) mass is 297 g/mol. The van der Waals surface area contributed by atoms with E-state index in [1.54, 1.807) is 24.3 Å². The van der Waals surface area contributed by atoms with E-state index in [1.165, 1.54) is 12.3 Å². The molecule has 0 aliphatic rings. The molecule has 1 aromatic heterocycles. The lowest BCUT2D eigenvalue weighted by Gasteiger charge is -2.13. The average Bonchev–Trinajstić information content (AvgIpc) is 2.37. The van der Waals surface area contributed by atoms with Crippen LogP contribution in [0.3, 0.4) is 0 Å². The topological polar surface area (TPSA) is 56.3 Å². The van der Waals surface area contributed by atoms with Crippen molar-refractivity contribution in [1.29, 1.82) is 0 Å². The number of nitrogens with zero attached hydrogens (tertiary/aromatic N) is 1. The molecule has 0 bridgehead atoms. The molecule has 19 heavy (non-hydrogen) atoms. The fraction of sp³-hybridized carbons (Fsp3) is 0.154. The average molecular weight is 298 g/mol. The first kappa shape index (κ1) is 13.8. The SMILES string of the molecule is C=CC(C)Oc1ccc(S(=O)(=O)Cl)c2ncccc12. The van der Waals surface area contributed by atoms with E-state index in [4.69, 9.17) is 15.4 Å². The molecule has 0 saturated carbocycles. The largest absolute Gasteiger partial charge is 0.486 e. The zero-order valence-electron chi connectivity index (χ0n) is 10.2. The lowest BCUT2D eigenvalue weighted by molar-refractivity contribution is 0.273. The molecule has 1 unspecified atom stereocenters. The Bertz CT molecular complexity index is 728. The summed E-state index contributed by atoms with van der Waals surface area (Å²) in [4.78, 5) is 4.05. The maximum absolute atomic E-state index is 11.5. The van der Waals surface area contributed by atoms with Gasteiger partial charge in [0.15, 0.2) is 0 Å². The van der Waals surface area contributed by atoms with Crippen molar-refractivity contribution >= 4 is 30.6 Å². The first-order valence-electron chi connectivity index (χ1n) is 5.55. The molecule has 0 aliphatic carbocycles. The minimum atomic E-state index is -3.85. The van der Waals surface area contributed by atoms with Gasteiger partial charge >= 0.3 is 0 Å². The van der Waals surface area contributed by atoms with Crippen molar-refractivity contribution < 1.29 is 13.2 Å². The van der Waals surface area contributed by atoms with Crippen molar-refractivity contribution in [2.75, 3.05) is 0 Å². The van der Waals surface area contributed by atoms with Gasteiger partial charge in [-0.1, -0.05) is 12.7 Å². The van der Waals surface area contributed by atoms with Crippen LogP contribution in [0.2, 0.25) is 0 Å². The molecule has 0 radical (unpaired) electrons. The number of benzene rings is 1. The third-order valence-electron chi connectivity index (χ3n) is 2.60. The van der Waals surface area contributed by atoms with Gasteiger partial charge in [0.2, 0.25) is 0 Å². The number of aromatic nitrogens is 1. The van der Waals surface area contributed by atoms with E-state index in [9.17, 15) is 8.42 Å². The van der Waals surface area contributed by atoms with Gasteiger partial charge in [-0.2, -0.15) is 0 Å². The number of pyridine rings is 1. The second kappa shape index (κ2) is 5.19. The van der Waals surface area contributed by atoms with Crippen molar-refractivity contribution in [3.8, 4) is 5.75 Å². The number of hydrogen-bond donors (Lipinski definition) is 0. The number of halogens is 1. The predicted octanol–water partition coefficient (Wildman–Crippen LogP) is 3.12. The standard InChI is InChI=1S/C13H12ClNO3S/c1-3-9(2)18-11-6-7-12(19(14,16)17)13-10(11)5-4-8-15-13/h3-9H,1H2,2H3. The summed E-state index contributed by atoms with van der Waals surface area (Å²) in [7, 11) is 1.55. The van der Waals surface area contributed by atoms with Gasteiger partial charge in [0.05, 0.1) is 5.52 Å². The molecule has 0 aliphatic heterocycles. The van der Waals surface area contributed by atoms with E-state index in [2.05, 4.69) is 11.6 Å². The van der Waals surface area contributed by atoms with Gasteiger partial charge in [-0.25, -0.2) is 8.42 Å². The van der Waals surface area contributed by atoms with Crippen molar-refractivity contribution in [2.24, 2.45) is 0 Å². The number of rotatable bonds is 4. The molecule has 1 heterocycles. The first-order valence-corrected chi connectivity index (χ1v) is 7.86. The van der Waals surface area contributed by atoms with Crippen LogP contribution >= 0.6 is 10.7 Å². The summed E-state index contributed by atoms with van der Waals surface area (Å²) in [5.74, 6) is 0.541. The Kier molecular flexibility index (Phi) is 3.78. The minimum absolute atomic E-state index is 0.0247. The molecule has 100 valence electrons. The molecule has 1 aromatic carbocycles. The highest BCUT2D eigenvalue weighted by atomic mass is 35.7. The lowest BCUT2D eigenvalue weighted by atomic mass is 10.2. The maximum atomic E-state index is 11.5. The van der Waals surface area contributed by atoms with Gasteiger partial charge in [0, 0.05) is 22.3 Å². The lowest BCUT2D eigenvalue weighted by Crippen LogP contribution is -2.08. The minimum Gasteiger partial charge on any atom is -0.486 e. The highest BCUT2D eigenvalue weighted by Crippen LogP contribution is 2.31. The fourth-order valence-corrected chi connectivity index (χ4v) is 2.67. The van der Waals surface area contributed by atoms with Crippen LogP contribution in [0.4, 0.5) is 0 Å². The van der Waals surface area contributed by atoms with Gasteiger partial charge in [0.25, 0.3) is 9.05 Å². The summed E-state index contributed by atoms with van der Waals surface area (Å²) in [6, 6.07) is 6.40. The van der Waals surface area contributed by atoms with Crippen LogP contribution in [-0.2, 0) is 9.05 Å². The Morgan fingerprint density at radius 2 is 2.16 bits per heavy atom. The van der Waals surface area contributed by atoms with Crippen molar-refractivity contribution in [3.05, 3.63) is 43.1 Å². The summed E-state index contributed by atoms with van der Waals surface area (Å²) in [5.41, 5.74) is 0.297. The Hall–Kier alpha value is -1.59.